The molecule has 196 valence electrons. The third kappa shape index (κ3) is 7.07. The van der Waals surface area contributed by atoms with Gasteiger partial charge in [-0.15, -0.1) is 16.8 Å². The third-order valence-corrected chi connectivity index (χ3v) is 7.66. The zero-order valence-electron chi connectivity index (χ0n) is 21.1. The van der Waals surface area contributed by atoms with Crippen LogP contribution in [0.15, 0.2) is 102 Å². The van der Waals surface area contributed by atoms with Crippen molar-refractivity contribution in [2.75, 3.05) is 25.4 Å². The summed E-state index contributed by atoms with van der Waals surface area (Å²) in [6.45, 7) is 1.95. The highest BCUT2D eigenvalue weighted by Gasteiger charge is 2.33. The van der Waals surface area contributed by atoms with Crippen LogP contribution in [0, 0.1) is 0 Å². The summed E-state index contributed by atoms with van der Waals surface area (Å²) in [5.41, 5.74) is 2.23. The summed E-state index contributed by atoms with van der Waals surface area (Å²) in [7, 11) is 0. The van der Waals surface area contributed by atoms with E-state index in [9.17, 15) is 4.79 Å². The van der Waals surface area contributed by atoms with Gasteiger partial charge in [-0.1, -0.05) is 66.7 Å². The summed E-state index contributed by atoms with van der Waals surface area (Å²) < 4.78 is 12.4. The Balaban J connectivity index is 1.21. The van der Waals surface area contributed by atoms with Crippen LogP contribution in [0.3, 0.4) is 0 Å². The predicted octanol–water partition coefficient (Wildman–Crippen LogP) is 7.00. The largest absolute Gasteiger partial charge is 0.525 e. The number of carbonyl (C=O) groups is 1. The Labute approximate surface area is 227 Å². The van der Waals surface area contributed by atoms with Crippen molar-refractivity contribution in [2.45, 2.75) is 29.9 Å². The van der Waals surface area contributed by atoms with Crippen LogP contribution in [0.1, 0.15) is 23.5 Å². The Morgan fingerprint density at radius 2 is 1.68 bits per heavy atom. The minimum absolute atomic E-state index is 0.117. The number of thioether (sulfide) groups is 1. The van der Waals surface area contributed by atoms with Gasteiger partial charge in [-0.3, -0.25) is 0 Å². The maximum atomic E-state index is 11.1. The van der Waals surface area contributed by atoms with E-state index in [4.69, 9.17) is 19.4 Å². The molecule has 0 radical (unpaired) electrons. The maximum absolute atomic E-state index is 11.1. The summed E-state index contributed by atoms with van der Waals surface area (Å²) in [4.78, 5) is 17.3. The van der Waals surface area contributed by atoms with Gasteiger partial charge in [-0.2, -0.15) is 0 Å². The number of nitrogens with zero attached hydrogens (tertiary/aromatic N) is 1. The van der Waals surface area contributed by atoms with E-state index in [0.29, 0.717) is 26.3 Å². The molecule has 4 aromatic rings. The lowest BCUT2D eigenvalue weighted by Crippen LogP contribution is -2.44. The molecule has 4 aromatic carbocycles. The van der Waals surface area contributed by atoms with Crippen LogP contribution in [0.25, 0.3) is 10.8 Å². The van der Waals surface area contributed by atoms with Crippen molar-refractivity contribution in [1.29, 1.82) is 0 Å². The van der Waals surface area contributed by atoms with Crippen molar-refractivity contribution in [2.24, 2.45) is 0 Å². The molecule has 1 saturated heterocycles. The molecule has 0 bridgehead atoms. The zero-order valence-corrected chi connectivity index (χ0v) is 21.9. The fraction of sp³-hybridized carbons (Fsp3) is 0.258. The van der Waals surface area contributed by atoms with Crippen molar-refractivity contribution < 1.29 is 24.2 Å². The fourth-order valence-electron chi connectivity index (χ4n) is 4.81. The summed E-state index contributed by atoms with van der Waals surface area (Å²) >= 11 is 1.77. The first kappa shape index (κ1) is 26.1. The van der Waals surface area contributed by atoms with E-state index in [1.165, 1.54) is 20.7 Å². The fourth-order valence-corrected chi connectivity index (χ4v) is 5.56. The van der Waals surface area contributed by atoms with Crippen LogP contribution in [-0.4, -0.2) is 47.9 Å². The number of carboxylic acid groups (broad SMARTS) is 1. The van der Waals surface area contributed by atoms with Crippen LogP contribution in [0.4, 0.5) is 4.79 Å². The number of ether oxygens (including phenoxy) is 2. The molecule has 1 aliphatic heterocycles. The molecule has 1 N–H and O–H groups in total. The smallest absolute Gasteiger partial charge is 0.493 e. The van der Waals surface area contributed by atoms with E-state index in [0.717, 1.165) is 29.1 Å². The van der Waals surface area contributed by atoms with Gasteiger partial charge in [0.1, 0.15) is 5.75 Å². The van der Waals surface area contributed by atoms with Crippen molar-refractivity contribution in [3.8, 4) is 5.75 Å². The molecule has 6 nitrogen and oxygen atoms in total. The van der Waals surface area contributed by atoms with E-state index in [2.05, 4.69) is 54.6 Å². The lowest BCUT2D eigenvalue weighted by atomic mass is 9.87. The van der Waals surface area contributed by atoms with Gasteiger partial charge in [0.25, 0.3) is 0 Å². The molecule has 0 aromatic heterocycles. The molecule has 0 saturated carbocycles. The molecule has 2 unspecified atom stereocenters. The Hall–Kier alpha value is -3.52. The number of benzene rings is 4. The van der Waals surface area contributed by atoms with E-state index >= 15 is 0 Å². The van der Waals surface area contributed by atoms with Gasteiger partial charge in [0.05, 0.1) is 25.9 Å². The van der Waals surface area contributed by atoms with Gasteiger partial charge in [-0.05, 0) is 58.7 Å². The highest BCUT2D eigenvalue weighted by atomic mass is 32.2. The van der Waals surface area contributed by atoms with E-state index in [-0.39, 0.29) is 12.0 Å². The van der Waals surface area contributed by atoms with Crippen LogP contribution >= 0.6 is 11.8 Å². The molecular weight excluding hydrogens is 498 g/mol. The SMILES string of the molecule is O=C(O)ON1CCC(c2ccc(OCCSc3ccccc3)cc2)C(OCc2ccc3ccccc3c2)C1. The quantitative estimate of drug-likeness (QED) is 0.175. The van der Waals surface area contributed by atoms with E-state index < -0.39 is 6.16 Å². The van der Waals surface area contributed by atoms with Crippen molar-refractivity contribution in [3.05, 3.63) is 108 Å². The summed E-state index contributed by atoms with van der Waals surface area (Å²) in [5, 5.41) is 12.9. The zero-order chi connectivity index (χ0) is 26.2. The van der Waals surface area contributed by atoms with Gasteiger partial charge in [-0.25, -0.2) is 4.79 Å². The van der Waals surface area contributed by atoms with Crippen LogP contribution in [0.2, 0.25) is 0 Å². The Morgan fingerprint density at radius 3 is 2.47 bits per heavy atom. The predicted molar refractivity (Wildman–Crippen MR) is 150 cm³/mol. The molecule has 0 amide bonds. The summed E-state index contributed by atoms with van der Waals surface area (Å²) in [6.07, 6.45) is -0.795. The molecule has 5 rings (SSSR count). The van der Waals surface area contributed by atoms with E-state index in [1.807, 2.05) is 42.5 Å². The molecule has 0 aliphatic carbocycles. The molecule has 7 heteroatoms. The second kappa shape index (κ2) is 12.8. The molecule has 1 heterocycles. The number of hydrogen-bond donors (Lipinski definition) is 1. The highest BCUT2D eigenvalue weighted by Crippen LogP contribution is 2.32. The van der Waals surface area contributed by atoms with Crippen LogP contribution in [-0.2, 0) is 16.2 Å². The molecule has 38 heavy (non-hydrogen) atoms. The lowest BCUT2D eigenvalue weighted by Gasteiger charge is -2.37. The second-order valence-corrected chi connectivity index (χ2v) is 10.4. The molecule has 0 spiro atoms. The maximum Gasteiger partial charge on any atom is 0.525 e. The van der Waals surface area contributed by atoms with Crippen LogP contribution < -0.4 is 4.74 Å². The first-order valence-electron chi connectivity index (χ1n) is 12.8. The third-order valence-electron chi connectivity index (χ3n) is 6.68. The highest BCUT2D eigenvalue weighted by molar-refractivity contribution is 7.99. The van der Waals surface area contributed by atoms with Crippen molar-refractivity contribution >= 4 is 28.7 Å². The Kier molecular flexibility index (Phi) is 8.81. The second-order valence-electron chi connectivity index (χ2n) is 9.25. The monoisotopic (exact) mass is 529 g/mol. The standard InChI is InChI=1S/C31H31NO5S/c33-31(34)37-32-17-16-29(30(21-32)36-22-23-10-11-24-6-4-5-7-26(24)20-23)25-12-14-27(15-13-25)35-18-19-38-28-8-2-1-3-9-28/h1-15,20,29-30H,16-19,21-22H2,(H,33,34). The average molecular weight is 530 g/mol. The summed E-state index contributed by atoms with van der Waals surface area (Å²) in [6, 6.07) is 33.0. The molecule has 1 aliphatic rings. The number of fused-ring (bicyclic) bond motifs is 1. The van der Waals surface area contributed by atoms with E-state index in [1.54, 1.807) is 11.8 Å². The first-order valence-corrected chi connectivity index (χ1v) is 13.8. The minimum Gasteiger partial charge on any atom is -0.493 e. The first-order chi connectivity index (χ1) is 18.6. The number of rotatable bonds is 10. The van der Waals surface area contributed by atoms with Gasteiger partial charge in [0, 0.05) is 23.1 Å². The van der Waals surface area contributed by atoms with Gasteiger partial charge in [0.15, 0.2) is 0 Å². The molecular formula is C31H31NO5S. The van der Waals surface area contributed by atoms with Gasteiger partial charge in [0.2, 0.25) is 0 Å². The van der Waals surface area contributed by atoms with Crippen molar-refractivity contribution in [3.63, 3.8) is 0 Å². The van der Waals surface area contributed by atoms with Gasteiger partial charge < -0.3 is 19.4 Å². The Morgan fingerprint density at radius 1 is 0.921 bits per heavy atom. The number of hydrogen-bond acceptors (Lipinski definition) is 6. The summed E-state index contributed by atoms with van der Waals surface area (Å²) in [5.74, 6) is 1.83. The van der Waals surface area contributed by atoms with Gasteiger partial charge >= 0.3 is 6.16 Å². The Bertz CT molecular complexity index is 1330. The lowest BCUT2D eigenvalue weighted by molar-refractivity contribution is -0.166. The number of hydroxylamine groups is 2. The minimum atomic E-state index is -1.30. The van der Waals surface area contributed by atoms with Crippen molar-refractivity contribution in [1.82, 2.24) is 5.06 Å². The average Bonchev–Trinajstić information content (AvgIpc) is 2.95. The number of piperidine rings is 1. The van der Waals surface area contributed by atoms with Crippen LogP contribution in [0.5, 0.6) is 5.75 Å². The molecule has 1 fully saturated rings. The molecule has 2 atom stereocenters. The topological polar surface area (TPSA) is 68.2 Å². The normalized spacial score (nSPS) is 17.8.